The van der Waals surface area contributed by atoms with Gasteiger partial charge < -0.3 is 29.2 Å². The number of allylic oxidation sites excluding steroid dienone is 2. The van der Waals surface area contributed by atoms with Gasteiger partial charge in [-0.15, -0.1) is 0 Å². The molecule has 0 aliphatic heterocycles. The number of aliphatic hydroxyl groups excluding tert-OH is 2. The zero-order valence-electron chi connectivity index (χ0n) is 37.3. The van der Waals surface area contributed by atoms with Gasteiger partial charge in [-0.25, -0.2) is 0 Å². The molecule has 6 nitrogen and oxygen atoms in total. The molecular formula is C50H76O6. The average Bonchev–Trinajstić information content (AvgIpc) is 3.78. The van der Waals surface area contributed by atoms with Crippen LogP contribution in [0.4, 0.5) is 0 Å². The SMILES string of the molecule is CCCCCCC(C)(C)c1cc(OC)c(C2=CC3CCC2(CO)C3(C)C)c(OC)c1.CCCCCc1cc(OC)c(C2=CC3CCC2(CO)C3(C)C)c(OC)c1. The van der Waals surface area contributed by atoms with Crippen molar-refractivity contribution in [2.45, 2.75) is 144 Å². The van der Waals surface area contributed by atoms with Crippen molar-refractivity contribution in [3.8, 4) is 23.0 Å². The quantitative estimate of drug-likeness (QED) is 0.147. The first-order chi connectivity index (χ1) is 26.6. The Morgan fingerprint density at radius 3 is 1.39 bits per heavy atom. The fourth-order valence-corrected chi connectivity index (χ4v) is 11.2. The predicted molar refractivity (Wildman–Crippen MR) is 232 cm³/mol. The summed E-state index contributed by atoms with van der Waals surface area (Å²) < 4.78 is 23.5. The lowest BCUT2D eigenvalue weighted by Gasteiger charge is -2.40. The van der Waals surface area contributed by atoms with Crippen LogP contribution in [0.5, 0.6) is 23.0 Å². The monoisotopic (exact) mass is 773 g/mol. The van der Waals surface area contributed by atoms with Gasteiger partial charge >= 0.3 is 0 Å². The van der Waals surface area contributed by atoms with Crippen LogP contribution in [-0.2, 0) is 11.8 Å². The maximum Gasteiger partial charge on any atom is 0.130 e. The maximum atomic E-state index is 10.5. The predicted octanol–water partition coefficient (Wildman–Crippen LogP) is 12.0. The third-order valence-electron chi connectivity index (χ3n) is 15.5. The maximum absolute atomic E-state index is 10.5. The fourth-order valence-electron chi connectivity index (χ4n) is 11.2. The van der Waals surface area contributed by atoms with Gasteiger partial charge in [0.2, 0.25) is 0 Å². The Morgan fingerprint density at radius 2 is 1.02 bits per heavy atom. The Morgan fingerprint density at radius 1 is 0.607 bits per heavy atom. The van der Waals surface area contributed by atoms with Crippen molar-refractivity contribution in [1.29, 1.82) is 0 Å². The molecule has 2 N–H and O–H groups in total. The van der Waals surface area contributed by atoms with Crippen molar-refractivity contribution in [1.82, 2.24) is 0 Å². The Hall–Kier alpha value is -2.96. The highest BCUT2D eigenvalue weighted by atomic mass is 16.5. The minimum atomic E-state index is -0.227. The lowest BCUT2D eigenvalue weighted by molar-refractivity contribution is 0.0827. The number of aliphatic hydroxyl groups is 2. The van der Waals surface area contributed by atoms with Crippen LogP contribution < -0.4 is 18.9 Å². The average molecular weight is 773 g/mol. The molecule has 0 spiro atoms. The number of unbranched alkanes of at least 4 members (excludes halogenated alkanes) is 5. The molecule has 4 aliphatic rings. The summed E-state index contributed by atoms with van der Waals surface area (Å²) in [5.74, 6) is 4.48. The van der Waals surface area contributed by atoms with Crippen LogP contribution in [0.25, 0.3) is 11.1 Å². The van der Waals surface area contributed by atoms with Crippen molar-refractivity contribution in [3.63, 3.8) is 0 Å². The van der Waals surface area contributed by atoms with Crippen molar-refractivity contribution in [2.24, 2.45) is 33.5 Å². The molecule has 2 aromatic carbocycles. The second kappa shape index (κ2) is 17.5. The highest BCUT2D eigenvalue weighted by molar-refractivity contribution is 5.84. The molecule has 2 fully saturated rings. The van der Waals surface area contributed by atoms with Crippen LogP contribution in [0.2, 0.25) is 0 Å². The van der Waals surface area contributed by atoms with Crippen molar-refractivity contribution < 1.29 is 29.2 Å². The van der Waals surface area contributed by atoms with E-state index < -0.39 is 0 Å². The van der Waals surface area contributed by atoms with Crippen LogP contribution in [-0.4, -0.2) is 51.9 Å². The fraction of sp³-hybridized carbons (Fsp3) is 0.680. The Kier molecular flexibility index (Phi) is 13.8. The third-order valence-corrected chi connectivity index (χ3v) is 15.5. The third kappa shape index (κ3) is 7.44. The Bertz CT molecular complexity index is 1680. The standard InChI is InChI=1S/C27H42O3.C23H34O3/c1-8-9-10-11-13-25(2,3)20-16-22(29-6)24(23(17-20)30-7)21-15-19-12-14-27(21,18-28)26(19,4)5;1-6-7-8-9-16-12-19(25-4)21(20(13-16)26-5)18-14-17-10-11-23(18,15-24)22(17,2)3/h15-17,19,28H,8-14,18H2,1-7H3;12-14,17,24H,6-11,15H2,1-5H3. The van der Waals surface area contributed by atoms with Gasteiger partial charge in [-0.2, -0.15) is 0 Å². The second-order valence-electron chi connectivity index (χ2n) is 19.2. The smallest absolute Gasteiger partial charge is 0.130 e. The topological polar surface area (TPSA) is 77.4 Å². The summed E-state index contributed by atoms with van der Waals surface area (Å²) in [5.41, 5.74) is 6.77. The van der Waals surface area contributed by atoms with Gasteiger partial charge in [-0.1, -0.05) is 106 Å². The number of methoxy groups -OCH3 is 4. The van der Waals surface area contributed by atoms with Crippen LogP contribution >= 0.6 is 0 Å². The van der Waals surface area contributed by atoms with E-state index in [-0.39, 0.29) is 40.3 Å². The molecular weight excluding hydrogens is 697 g/mol. The number of fused-ring (bicyclic) bond motifs is 4. The normalized spacial score (nSPS) is 25.4. The Labute approximate surface area is 340 Å². The van der Waals surface area contributed by atoms with Crippen molar-refractivity contribution in [3.05, 3.63) is 58.7 Å². The number of aryl methyl sites for hydroxylation is 1. The zero-order chi connectivity index (χ0) is 41.1. The van der Waals surface area contributed by atoms with Crippen molar-refractivity contribution >= 4 is 11.1 Å². The van der Waals surface area contributed by atoms with E-state index >= 15 is 0 Å². The van der Waals surface area contributed by atoms with Gasteiger partial charge in [0, 0.05) is 10.8 Å². The molecule has 6 heteroatoms. The number of hydrogen-bond acceptors (Lipinski definition) is 6. The number of rotatable bonds is 18. The summed E-state index contributed by atoms with van der Waals surface area (Å²) in [6.45, 7) is 18.7. The highest BCUT2D eigenvalue weighted by Crippen LogP contribution is 2.70. The van der Waals surface area contributed by atoms with E-state index in [0.717, 1.165) is 72.6 Å². The summed E-state index contributed by atoms with van der Waals surface area (Å²) in [7, 11) is 6.97. The zero-order valence-corrected chi connectivity index (χ0v) is 37.3. The van der Waals surface area contributed by atoms with E-state index in [1.807, 2.05) is 0 Å². The first-order valence-corrected chi connectivity index (χ1v) is 21.8. The van der Waals surface area contributed by atoms with E-state index in [2.05, 4.69) is 91.8 Å². The van der Waals surface area contributed by atoms with Gasteiger partial charge in [0.15, 0.2) is 0 Å². The second-order valence-corrected chi connectivity index (χ2v) is 19.2. The van der Waals surface area contributed by atoms with Crippen molar-refractivity contribution in [2.75, 3.05) is 41.7 Å². The molecule has 4 aliphatic carbocycles. The molecule has 56 heavy (non-hydrogen) atoms. The van der Waals surface area contributed by atoms with E-state index in [9.17, 15) is 10.2 Å². The molecule has 6 rings (SSSR count). The summed E-state index contributed by atoms with van der Waals surface area (Å²) in [6.07, 6.45) is 20.0. The molecule has 2 aromatic rings. The molecule has 2 saturated carbocycles. The van der Waals surface area contributed by atoms with E-state index in [4.69, 9.17) is 18.9 Å². The van der Waals surface area contributed by atoms with Crippen LogP contribution in [0, 0.1) is 33.5 Å². The number of ether oxygens (including phenoxy) is 4. The van der Waals surface area contributed by atoms with Crippen LogP contribution in [0.3, 0.4) is 0 Å². The number of hydrogen-bond donors (Lipinski definition) is 2. The summed E-state index contributed by atoms with van der Waals surface area (Å²) in [5, 5.41) is 21.0. The minimum absolute atomic E-state index is 0.0460. The molecule has 0 radical (unpaired) electrons. The summed E-state index contributed by atoms with van der Waals surface area (Å²) in [6, 6.07) is 8.75. The molecule has 0 aromatic heterocycles. The number of benzene rings is 2. The lowest BCUT2D eigenvalue weighted by Crippen LogP contribution is -2.36. The molecule has 312 valence electrons. The van der Waals surface area contributed by atoms with E-state index in [0.29, 0.717) is 11.8 Å². The van der Waals surface area contributed by atoms with Gasteiger partial charge in [-0.3, -0.25) is 0 Å². The van der Waals surface area contributed by atoms with E-state index in [1.165, 1.54) is 67.2 Å². The van der Waals surface area contributed by atoms with Gasteiger partial charge in [-0.05, 0) is 120 Å². The van der Waals surface area contributed by atoms with Gasteiger partial charge in [0.05, 0.1) is 52.8 Å². The highest BCUT2D eigenvalue weighted by Gasteiger charge is 2.61. The molecule has 0 amide bonds. The molecule has 4 bridgehead atoms. The minimum Gasteiger partial charge on any atom is -0.496 e. The summed E-state index contributed by atoms with van der Waals surface area (Å²) >= 11 is 0. The van der Waals surface area contributed by atoms with Gasteiger partial charge in [0.1, 0.15) is 23.0 Å². The van der Waals surface area contributed by atoms with Gasteiger partial charge in [0.25, 0.3) is 0 Å². The van der Waals surface area contributed by atoms with E-state index in [1.54, 1.807) is 28.4 Å². The first kappa shape index (κ1) is 44.1. The molecule has 0 saturated heterocycles. The molecule has 4 atom stereocenters. The summed E-state index contributed by atoms with van der Waals surface area (Å²) in [4.78, 5) is 0. The van der Waals surface area contributed by atoms with Crippen LogP contribution in [0.1, 0.15) is 155 Å². The van der Waals surface area contributed by atoms with Crippen LogP contribution in [0.15, 0.2) is 36.4 Å². The first-order valence-electron chi connectivity index (χ1n) is 21.8. The Balaban J connectivity index is 0.000000216. The molecule has 4 unspecified atom stereocenters. The lowest BCUT2D eigenvalue weighted by atomic mass is 9.65. The largest absolute Gasteiger partial charge is 0.496 e. The molecule has 0 heterocycles.